The molecule has 1 fully saturated rings. The summed E-state index contributed by atoms with van der Waals surface area (Å²) in [5.41, 5.74) is 1.74. The summed E-state index contributed by atoms with van der Waals surface area (Å²) in [6, 6.07) is 16.9. The number of ketones is 1. The van der Waals surface area contributed by atoms with Gasteiger partial charge in [-0.15, -0.1) is 0 Å². The fourth-order valence-corrected chi connectivity index (χ4v) is 4.88. The molecule has 3 N–H and O–H groups in total. The van der Waals surface area contributed by atoms with Crippen molar-refractivity contribution in [3.05, 3.63) is 71.8 Å². The zero-order valence-electron chi connectivity index (χ0n) is 21.7. The van der Waals surface area contributed by atoms with E-state index in [9.17, 15) is 19.2 Å². The first kappa shape index (κ1) is 29.0. The number of ether oxygens (including phenoxy) is 2. The summed E-state index contributed by atoms with van der Waals surface area (Å²) in [5, 5.41) is 8.22. The van der Waals surface area contributed by atoms with E-state index < -0.39 is 30.2 Å². The second-order valence-corrected chi connectivity index (χ2v) is 10.6. The lowest BCUT2D eigenvalue weighted by atomic mass is 10.00. The quantitative estimate of drug-likeness (QED) is 0.335. The molecule has 1 saturated heterocycles. The van der Waals surface area contributed by atoms with Gasteiger partial charge in [-0.25, -0.2) is 9.59 Å². The fraction of sp³-hybridized carbons (Fsp3) is 0.429. The maximum absolute atomic E-state index is 13.3. The molecular weight excluding hydrogens is 506 g/mol. The van der Waals surface area contributed by atoms with Crippen LogP contribution in [0.3, 0.4) is 0 Å². The van der Waals surface area contributed by atoms with Crippen LogP contribution in [0.4, 0.5) is 9.59 Å². The lowest BCUT2D eigenvalue weighted by Crippen LogP contribution is -2.53. The van der Waals surface area contributed by atoms with Crippen LogP contribution in [0.1, 0.15) is 31.4 Å². The Morgan fingerprint density at radius 2 is 1.66 bits per heavy atom. The van der Waals surface area contributed by atoms with E-state index >= 15 is 0 Å². The lowest BCUT2D eigenvalue weighted by Gasteiger charge is -2.24. The van der Waals surface area contributed by atoms with Crippen molar-refractivity contribution in [2.24, 2.45) is 5.92 Å². The highest BCUT2D eigenvalue weighted by molar-refractivity contribution is 8.00. The Balaban J connectivity index is 1.61. The molecule has 9 nitrogen and oxygen atoms in total. The average Bonchev–Trinajstić information content (AvgIpc) is 3.32. The largest absolute Gasteiger partial charge is 0.447 e. The molecule has 2 aromatic rings. The summed E-state index contributed by atoms with van der Waals surface area (Å²) in [7, 11) is 0. The number of amides is 3. The molecule has 0 spiro atoms. The van der Waals surface area contributed by atoms with Gasteiger partial charge in [0, 0.05) is 5.75 Å². The van der Waals surface area contributed by atoms with Gasteiger partial charge in [0.1, 0.15) is 19.3 Å². The monoisotopic (exact) mass is 541 g/mol. The molecule has 38 heavy (non-hydrogen) atoms. The minimum Gasteiger partial charge on any atom is -0.447 e. The van der Waals surface area contributed by atoms with Crippen LogP contribution in [0, 0.1) is 5.92 Å². The van der Waals surface area contributed by atoms with E-state index in [0.29, 0.717) is 18.6 Å². The molecule has 0 bridgehead atoms. The molecular formula is C28H35N3O6S. The number of benzene rings is 2. The molecule has 1 aliphatic heterocycles. The Kier molecular flexibility index (Phi) is 11.5. The minimum atomic E-state index is -0.858. The number of thioether (sulfide) groups is 1. The second-order valence-electron chi connectivity index (χ2n) is 9.56. The van der Waals surface area contributed by atoms with Gasteiger partial charge >= 0.3 is 12.2 Å². The van der Waals surface area contributed by atoms with E-state index in [2.05, 4.69) is 16.0 Å². The molecule has 204 valence electrons. The molecule has 0 aromatic heterocycles. The minimum absolute atomic E-state index is 0.0848. The predicted molar refractivity (Wildman–Crippen MR) is 146 cm³/mol. The molecule has 2 aromatic carbocycles. The molecule has 0 aliphatic carbocycles. The van der Waals surface area contributed by atoms with Gasteiger partial charge in [-0.1, -0.05) is 74.5 Å². The molecule has 1 heterocycles. The number of cyclic esters (lactones) is 1. The maximum atomic E-state index is 13.3. The number of carbonyl (C=O) groups excluding carboxylic acids is 4. The van der Waals surface area contributed by atoms with Crippen LogP contribution in [-0.4, -0.2) is 60.1 Å². The van der Waals surface area contributed by atoms with Crippen LogP contribution >= 0.6 is 11.8 Å². The lowest BCUT2D eigenvalue weighted by molar-refractivity contribution is -0.128. The Morgan fingerprint density at radius 3 is 2.26 bits per heavy atom. The van der Waals surface area contributed by atoms with Crippen molar-refractivity contribution in [2.45, 2.75) is 51.4 Å². The van der Waals surface area contributed by atoms with Crippen molar-refractivity contribution in [3.63, 3.8) is 0 Å². The first-order valence-corrected chi connectivity index (χ1v) is 13.8. The predicted octanol–water partition coefficient (Wildman–Crippen LogP) is 3.47. The zero-order valence-corrected chi connectivity index (χ0v) is 22.5. The van der Waals surface area contributed by atoms with Crippen molar-refractivity contribution in [3.8, 4) is 0 Å². The number of alkyl carbamates (subject to hydrolysis) is 2. The van der Waals surface area contributed by atoms with Gasteiger partial charge in [0.05, 0.1) is 17.8 Å². The average molecular weight is 542 g/mol. The molecule has 10 heteroatoms. The Bertz CT molecular complexity index is 1070. The molecule has 1 aliphatic rings. The third-order valence-corrected chi connectivity index (χ3v) is 6.94. The first-order chi connectivity index (χ1) is 18.3. The molecule has 0 saturated carbocycles. The van der Waals surface area contributed by atoms with Crippen molar-refractivity contribution >= 4 is 35.6 Å². The van der Waals surface area contributed by atoms with Crippen LogP contribution in [0.2, 0.25) is 0 Å². The number of carbonyl (C=O) groups is 4. The Hall–Kier alpha value is -3.53. The van der Waals surface area contributed by atoms with Gasteiger partial charge in [-0.2, -0.15) is 11.8 Å². The summed E-state index contributed by atoms with van der Waals surface area (Å²) in [4.78, 5) is 50.2. The van der Waals surface area contributed by atoms with Gasteiger partial charge in [-0.3, -0.25) is 9.59 Å². The molecule has 0 radical (unpaired) electrons. The molecule has 3 atom stereocenters. The zero-order chi connectivity index (χ0) is 27.3. The van der Waals surface area contributed by atoms with E-state index in [4.69, 9.17) is 9.47 Å². The highest BCUT2D eigenvalue weighted by Crippen LogP contribution is 2.13. The van der Waals surface area contributed by atoms with Crippen LogP contribution < -0.4 is 16.0 Å². The van der Waals surface area contributed by atoms with Crippen molar-refractivity contribution in [1.29, 1.82) is 0 Å². The van der Waals surface area contributed by atoms with Crippen LogP contribution in [0.25, 0.3) is 0 Å². The fourth-order valence-electron chi connectivity index (χ4n) is 3.90. The highest BCUT2D eigenvalue weighted by Gasteiger charge is 2.29. The Labute approximate surface area is 227 Å². The van der Waals surface area contributed by atoms with Gasteiger partial charge in [0.2, 0.25) is 5.91 Å². The van der Waals surface area contributed by atoms with Crippen LogP contribution in [0.15, 0.2) is 60.7 Å². The normalized spacial score (nSPS) is 16.2. The van der Waals surface area contributed by atoms with Gasteiger partial charge in [-0.05, 0) is 29.9 Å². The van der Waals surface area contributed by atoms with E-state index in [1.54, 1.807) is 0 Å². The number of hydrogen-bond acceptors (Lipinski definition) is 7. The van der Waals surface area contributed by atoms with Gasteiger partial charge in [0.15, 0.2) is 5.78 Å². The van der Waals surface area contributed by atoms with Crippen molar-refractivity contribution < 1.29 is 28.7 Å². The number of Topliss-reactive ketones (excluding diaryl/α,β-unsaturated/α-hetero) is 1. The van der Waals surface area contributed by atoms with Crippen LogP contribution in [0.5, 0.6) is 0 Å². The van der Waals surface area contributed by atoms with Gasteiger partial charge in [0.25, 0.3) is 0 Å². The maximum Gasteiger partial charge on any atom is 0.408 e. The van der Waals surface area contributed by atoms with E-state index in [1.165, 1.54) is 11.8 Å². The summed E-state index contributed by atoms with van der Waals surface area (Å²) in [5.74, 6) is 0.209. The molecule has 3 rings (SSSR count). The number of nitrogens with one attached hydrogen (secondary N) is 3. The van der Waals surface area contributed by atoms with Crippen molar-refractivity contribution in [1.82, 2.24) is 16.0 Å². The smallest absolute Gasteiger partial charge is 0.408 e. The van der Waals surface area contributed by atoms with E-state index in [-0.39, 0.29) is 36.7 Å². The SMILES string of the molecule is CC(C)CC(NC(=O)OCc1ccccc1)C(=O)NC(Cc1ccccc1)C(=O)CSCC1COC(=O)N1. The first-order valence-electron chi connectivity index (χ1n) is 12.7. The van der Waals surface area contributed by atoms with Crippen LogP contribution in [-0.2, 0) is 32.1 Å². The van der Waals surface area contributed by atoms with E-state index in [0.717, 1.165) is 11.1 Å². The third kappa shape index (κ3) is 10.1. The summed E-state index contributed by atoms with van der Waals surface area (Å²) in [6.45, 7) is 4.26. The molecule has 3 unspecified atom stereocenters. The number of rotatable bonds is 14. The summed E-state index contributed by atoms with van der Waals surface area (Å²) >= 11 is 1.38. The number of hydrogen-bond donors (Lipinski definition) is 3. The second kappa shape index (κ2) is 15.0. The van der Waals surface area contributed by atoms with E-state index in [1.807, 2.05) is 74.5 Å². The van der Waals surface area contributed by atoms with Gasteiger partial charge < -0.3 is 25.4 Å². The van der Waals surface area contributed by atoms with Crippen molar-refractivity contribution in [2.75, 3.05) is 18.1 Å². The Morgan fingerprint density at radius 1 is 1.00 bits per heavy atom. The third-order valence-electron chi connectivity index (χ3n) is 5.82. The highest BCUT2D eigenvalue weighted by atomic mass is 32.2. The summed E-state index contributed by atoms with van der Waals surface area (Å²) < 4.78 is 10.2. The summed E-state index contributed by atoms with van der Waals surface area (Å²) in [6.07, 6.45) is -0.448. The topological polar surface area (TPSA) is 123 Å². The molecule has 3 amide bonds. The standard InChI is InChI=1S/C28H35N3O6S/c1-19(2)13-24(31-28(35)36-15-21-11-7-4-8-12-21)26(33)30-23(14-20-9-5-3-6-10-20)25(32)18-38-17-22-16-37-27(34)29-22/h3-12,19,22-24H,13-18H2,1-2H3,(H,29,34)(H,30,33)(H,31,35).